The number of nitrogens with two attached hydrogens (primary N) is 1. The number of nitrogens with zero attached hydrogens (tertiary/aromatic N) is 2. The van der Waals surface area contributed by atoms with Crippen molar-refractivity contribution in [2.24, 2.45) is 0 Å². The topological polar surface area (TPSA) is 100 Å². The summed E-state index contributed by atoms with van der Waals surface area (Å²) in [4.78, 5) is 31.5. The van der Waals surface area contributed by atoms with Gasteiger partial charge in [0.15, 0.2) is 0 Å². The first-order valence-corrected chi connectivity index (χ1v) is 10.9. The third kappa shape index (κ3) is 7.74. The van der Waals surface area contributed by atoms with E-state index in [2.05, 4.69) is 15.6 Å². The summed E-state index contributed by atoms with van der Waals surface area (Å²) in [6, 6.07) is 7.07. The standard InChI is InChI=1S/C23H28F3N5O2/c24-23(25,26)18-6-4-5-16(11-18)12-19(30-21(32)15-31-9-2-1-3-10-31)22(33)29-14-17-7-8-20(27)28-13-17/h4-8,11,13,19H,1-3,9-10,12,14-15H2,(H2,27,28)(H,29,33)(H,30,32)/t19-/m0/s1. The molecule has 4 N–H and O–H groups in total. The summed E-state index contributed by atoms with van der Waals surface area (Å²) in [5.74, 6) is -0.480. The molecule has 1 aromatic carbocycles. The Morgan fingerprint density at radius 3 is 2.52 bits per heavy atom. The molecule has 0 unspecified atom stereocenters. The fraction of sp³-hybridized carbons (Fsp3) is 0.435. The van der Waals surface area contributed by atoms with Crippen molar-refractivity contribution in [2.45, 2.75) is 44.4 Å². The molecule has 2 aromatic rings. The molecule has 3 rings (SSSR count). The molecule has 7 nitrogen and oxygen atoms in total. The molecule has 2 heterocycles. The summed E-state index contributed by atoms with van der Waals surface area (Å²) in [5, 5.41) is 5.43. The number of pyridine rings is 1. The Kier molecular flexibility index (Phi) is 8.26. The van der Waals surface area contributed by atoms with E-state index in [0.29, 0.717) is 16.9 Å². The maximum atomic E-state index is 13.1. The van der Waals surface area contributed by atoms with Crippen LogP contribution in [0.15, 0.2) is 42.6 Å². The van der Waals surface area contributed by atoms with Crippen LogP contribution in [0.25, 0.3) is 0 Å². The van der Waals surface area contributed by atoms with Gasteiger partial charge in [-0.25, -0.2) is 4.98 Å². The Morgan fingerprint density at radius 2 is 1.85 bits per heavy atom. The van der Waals surface area contributed by atoms with Crippen molar-refractivity contribution in [2.75, 3.05) is 25.4 Å². The minimum absolute atomic E-state index is 0.0680. The van der Waals surface area contributed by atoms with Gasteiger partial charge in [-0.15, -0.1) is 0 Å². The zero-order valence-electron chi connectivity index (χ0n) is 18.2. The van der Waals surface area contributed by atoms with Gasteiger partial charge in [-0.1, -0.05) is 30.7 Å². The van der Waals surface area contributed by atoms with Crippen molar-refractivity contribution in [3.05, 3.63) is 59.3 Å². The molecule has 0 bridgehead atoms. The molecule has 2 amide bonds. The number of aromatic nitrogens is 1. The number of nitrogen functional groups attached to an aromatic ring is 1. The lowest BCUT2D eigenvalue weighted by atomic mass is 10.0. The van der Waals surface area contributed by atoms with Crippen LogP contribution >= 0.6 is 0 Å². The molecule has 33 heavy (non-hydrogen) atoms. The number of hydrogen-bond donors (Lipinski definition) is 3. The zero-order valence-corrected chi connectivity index (χ0v) is 18.2. The molecule has 0 saturated carbocycles. The zero-order chi connectivity index (χ0) is 23.8. The molecule has 0 spiro atoms. The molecule has 0 aliphatic carbocycles. The van der Waals surface area contributed by atoms with Crippen LogP contribution in [0.1, 0.15) is 36.0 Å². The lowest BCUT2D eigenvalue weighted by Crippen LogP contribution is -2.50. The highest BCUT2D eigenvalue weighted by Gasteiger charge is 2.31. The Hall–Kier alpha value is -3.14. The highest BCUT2D eigenvalue weighted by Crippen LogP contribution is 2.29. The summed E-state index contributed by atoms with van der Waals surface area (Å²) >= 11 is 0. The van der Waals surface area contributed by atoms with E-state index in [-0.39, 0.29) is 25.4 Å². The Bertz CT molecular complexity index is 944. The highest BCUT2D eigenvalue weighted by molar-refractivity contribution is 5.88. The van der Waals surface area contributed by atoms with Crippen LogP contribution in [0.3, 0.4) is 0 Å². The summed E-state index contributed by atoms with van der Waals surface area (Å²) in [6.07, 6.45) is 0.105. The van der Waals surface area contributed by atoms with Crippen molar-refractivity contribution in [1.82, 2.24) is 20.5 Å². The van der Waals surface area contributed by atoms with Crippen molar-refractivity contribution in [3.8, 4) is 0 Å². The highest BCUT2D eigenvalue weighted by atomic mass is 19.4. The number of amides is 2. The predicted molar refractivity (Wildman–Crippen MR) is 118 cm³/mol. The number of likely N-dealkylation sites (tertiary alicyclic amines) is 1. The molecule has 0 radical (unpaired) electrons. The van der Waals surface area contributed by atoms with Gasteiger partial charge in [-0.2, -0.15) is 13.2 Å². The number of carbonyl (C=O) groups is 2. The minimum atomic E-state index is -4.49. The van der Waals surface area contributed by atoms with Gasteiger partial charge >= 0.3 is 6.18 Å². The number of hydrogen-bond acceptors (Lipinski definition) is 5. The van der Waals surface area contributed by atoms with E-state index in [4.69, 9.17) is 5.73 Å². The van der Waals surface area contributed by atoms with E-state index in [1.165, 1.54) is 18.3 Å². The summed E-state index contributed by atoms with van der Waals surface area (Å²) < 4.78 is 39.3. The van der Waals surface area contributed by atoms with E-state index in [0.717, 1.165) is 44.5 Å². The SMILES string of the molecule is Nc1ccc(CNC(=O)[C@H](Cc2cccc(C(F)(F)F)c2)NC(=O)CN2CCCCC2)cn1. The predicted octanol–water partition coefficient (Wildman–Crippen LogP) is 2.51. The summed E-state index contributed by atoms with van der Waals surface area (Å²) in [6.45, 7) is 1.91. The number of alkyl halides is 3. The molecular formula is C23H28F3N5O2. The smallest absolute Gasteiger partial charge is 0.384 e. The second kappa shape index (κ2) is 11.1. The van der Waals surface area contributed by atoms with Crippen LogP contribution in [-0.4, -0.2) is 47.4 Å². The van der Waals surface area contributed by atoms with Crippen LogP contribution in [0.4, 0.5) is 19.0 Å². The molecule has 1 fully saturated rings. The van der Waals surface area contributed by atoms with Gasteiger partial charge in [-0.3, -0.25) is 14.5 Å². The van der Waals surface area contributed by atoms with Gasteiger partial charge in [0.25, 0.3) is 0 Å². The molecular weight excluding hydrogens is 435 g/mol. The average Bonchev–Trinajstić information content (AvgIpc) is 2.78. The molecule has 1 aliphatic rings. The molecule has 1 aliphatic heterocycles. The van der Waals surface area contributed by atoms with E-state index < -0.39 is 23.7 Å². The van der Waals surface area contributed by atoms with E-state index in [1.54, 1.807) is 12.1 Å². The quantitative estimate of drug-likeness (QED) is 0.559. The third-order valence-electron chi connectivity index (χ3n) is 5.48. The second-order valence-corrected chi connectivity index (χ2v) is 8.17. The van der Waals surface area contributed by atoms with E-state index >= 15 is 0 Å². The van der Waals surface area contributed by atoms with Gasteiger partial charge in [0.05, 0.1) is 12.1 Å². The van der Waals surface area contributed by atoms with Crippen LogP contribution in [0.5, 0.6) is 0 Å². The Balaban J connectivity index is 1.69. The largest absolute Gasteiger partial charge is 0.416 e. The number of anilines is 1. The van der Waals surface area contributed by atoms with Crippen molar-refractivity contribution >= 4 is 17.6 Å². The summed E-state index contributed by atoms with van der Waals surface area (Å²) in [5.41, 5.74) is 5.77. The Morgan fingerprint density at radius 1 is 1.09 bits per heavy atom. The average molecular weight is 464 g/mol. The lowest BCUT2D eigenvalue weighted by molar-refractivity contribution is -0.137. The van der Waals surface area contributed by atoms with Crippen LogP contribution < -0.4 is 16.4 Å². The lowest BCUT2D eigenvalue weighted by Gasteiger charge is -2.27. The first-order chi connectivity index (χ1) is 15.7. The molecule has 1 aromatic heterocycles. The fourth-order valence-electron chi connectivity index (χ4n) is 3.73. The van der Waals surface area contributed by atoms with Crippen LogP contribution in [-0.2, 0) is 28.7 Å². The molecule has 1 atom stereocenters. The number of benzene rings is 1. The summed E-state index contributed by atoms with van der Waals surface area (Å²) in [7, 11) is 0. The number of carbonyl (C=O) groups excluding carboxylic acids is 2. The van der Waals surface area contributed by atoms with Gasteiger partial charge in [0.2, 0.25) is 11.8 Å². The normalized spacial score (nSPS) is 15.6. The number of halogens is 3. The molecule has 10 heteroatoms. The minimum Gasteiger partial charge on any atom is -0.384 e. The van der Waals surface area contributed by atoms with Gasteiger partial charge < -0.3 is 16.4 Å². The van der Waals surface area contributed by atoms with Gasteiger partial charge in [0.1, 0.15) is 11.9 Å². The molecule has 1 saturated heterocycles. The van der Waals surface area contributed by atoms with Crippen LogP contribution in [0, 0.1) is 0 Å². The van der Waals surface area contributed by atoms with Crippen LogP contribution in [0.2, 0.25) is 0 Å². The first kappa shape index (κ1) is 24.5. The number of piperidine rings is 1. The van der Waals surface area contributed by atoms with E-state index in [1.807, 2.05) is 4.90 Å². The number of rotatable bonds is 8. The maximum absolute atomic E-state index is 13.1. The van der Waals surface area contributed by atoms with Gasteiger partial charge in [0, 0.05) is 19.2 Å². The van der Waals surface area contributed by atoms with Crippen molar-refractivity contribution in [1.29, 1.82) is 0 Å². The van der Waals surface area contributed by atoms with Gasteiger partial charge in [-0.05, 0) is 49.2 Å². The third-order valence-corrected chi connectivity index (χ3v) is 5.48. The van der Waals surface area contributed by atoms with Crippen molar-refractivity contribution in [3.63, 3.8) is 0 Å². The number of nitrogens with one attached hydrogen (secondary N) is 2. The molecule has 178 valence electrons. The maximum Gasteiger partial charge on any atom is 0.416 e. The van der Waals surface area contributed by atoms with E-state index in [9.17, 15) is 22.8 Å². The monoisotopic (exact) mass is 463 g/mol. The second-order valence-electron chi connectivity index (χ2n) is 8.17. The fourth-order valence-corrected chi connectivity index (χ4v) is 3.73. The van der Waals surface area contributed by atoms with Crippen molar-refractivity contribution < 1.29 is 22.8 Å². The first-order valence-electron chi connectivity index (χ1n) is 10.9. The Labute approximate surface area is 190 Å².